The summed E-state index contributed by atoms with van der Waals surface area (Å²) < 4.78 is 0. The van der Waals surface area contributed by atoms with E-state index in [2.05, 4.69) is 41.4 Å². The highest BCUT2D eigenvalue weighted by molar-refractivity contribution is 5.40. The van der Waals surface area contributed by atoms with Crippen LogP contribution in [0, 0.1) is 5.41 Å². The van der Waals surface area contributed by atoms with Crippen LogP contribution in [0.1, 0.15) is 52.9 Å². The average molecular weight is 262 g/mol. The fourth-order valence-electron chi connectivity index (χ4n) is 2.51. The lowest BCUT2D eigenvalue weighted by atomic mass is 9.75. The quantitative estimate of drug-likeness (QED) is 0.850. The molecule has 0 unspecified atom stereocenters. The Morgan fingerprint density at radius 1 is 1.32 bits per heavy atom. The average Bonchev–Trinajstić information content (AvgIpc) is 2.39. The van der Waals surface area contributed by atoms with Crippen LogP contribution < -0.4 is 10.6 Å². The van der Waals surface area contributed by atoms with E-state index in [4.69, 9.17) is 0 Å². The third kappa shape index (κ3) is 4.37. The zero-order chi connectivity index (χ0) is 13.7. The second-order valence-electron chi connectivity index (χ2n) is 6.28. The third-order valence-electron chi connectivity index (χ3n) is 3.88. The van der Waals surface area contributed by atoms with E-state index < -0.39 is 0 Å². The van der Waals surface area contributed by atoms with E-state index in [1.54, 1.807) is 0 Å². The first-order valence-corrected chi connectivity index (χ1v) is 7.42. The Hall–Kier alpha value is -1.32. The van der Waals surface area contributed by atoms with Gasteiger partial charge in [0, 0.05) is 18.8 Å². The van der Waals surface area contributed by atoms with Gasteiger partial charge in [0.1, 0.15) is 5.82 Å². The van der Waals surface area contributed by atoms with E-state index in [9.17, 15) is 0 Å². The molecule has 1 saturated carbocycles. The van der Waals surface area contributed by atoms with Gasteiger partial charge in [-0.15, -0.1) is 0 Å². The maximum absolute atomic E-state index is 4.51. The Balaban J connectivity index is 1.89. The van der Waals surface area contributed by atoms with Crippen LogP contribution in [0.3, 0.4) is 0 Å². The van der Waals surface area contributed by atoms with Crippen LogP contribution in [-0.2, 0) is 0 Å². The first-order chi connectivity index (χ1) is 9.09. The monoisotopic (exact) mass is 262 g/mol. The molecule has 0 aromatic carbocycles. The molecular weight excluding hydrogens is 236 g/mol. The summed E-state index contributed by atoms with van der Waals surface area (Å²) in [7, 11) is 0. The highest BCUT2D eigenvalue weighted by Gasteiger charge is 2.26. The largest absolute Gasteiger partial charge is 0.367 e. The van der Waals surface area contributed by atoms with Crippen molar-refractivity contribution in [2.24, 2.45) is 5.41 Å². The van der Waals surface area contributed by atoms with Crippen LogP contribution in [0.5, 0.6) is 0 Å². The van der Waals surface area contributed by atoms with Gasteiger partial charge >= 0.3 is 0 Å². The number of hydrogen-bond acceptors (Lipinski definition) is 4. The number of nitrogens with one attached hydrogen (secondary N) is 2. The van der Waals surface area contributed by atoms with Gasteiger partial charge in [0.05, 0.1) is 0 Å². The van der Waals surface area contributed by atoms with Gasteiger partial charge in [0.15, 0.2) is 0 Å². The number of nitrogens with zero attached hydrogens (tertiary/aromatic N) is 2. The molecule has 0 saturated heterocycles. The molecule has 0 bridgehead atoms. The molecule has 1 aromatic rings. The van der Waals surface area contributed by atoms with Gasteiger partial charge in [0.2, 0.25) is 5.95 Å². The van der Waals surface area contributed by atoms with Gasteiger partial charge in [-0.1, -0.05) is 20.8 Å². The normalized spacial score (nSPS) is 19.1. The molecule has 0 radical (unpaired) electrons. The van der Waals surface area contributed by atoms with Crippen LogP contribution >= 0.6 is 0 Å². The highest BCUT2D eigenvalue weighted by Crippen LogP contribution is 2.35. The Bertz CT molecular complexity index is 393. The summed E-state index contributed by atoms with van der Waals surface area (Å²) in [6.07, 6.45) is 7.94. The van der Waals surface area contributed by atoms with Crippen molar-refractivity contribution < 1.29 is 0 Å². The lowest BCUT2D eigenvalue weighted by molar-refractivity contribution is 0.232. The molecule has 1 fully saturated rings. The molecular formula is C15H26N4. The smallest absolute Gasteiger partial charge is 0.224 e. The topological polar surface area (TPSA) is 49.8 Å². The van der Waals surface area contributed by atoms with Crippen molar-refractivity contribution in [1.29, 1.82) is 0 Å². The molecule has 2 N–H and O–H groups in total. The van der Waals surface area contributed by atoms with Crippen molar-refractivity contribution in [3.05, 3.63) is 12.3 Å². The first kappa shape index (κ1) is 14.1. The zero-order valence-electron chi connectivity index (χ0n) is 12.4. The van der Waals surface area contributed by atoms with Crippen LogP contribution in [0.15, 0.2) is 12.3 Å². The summed E-state index contributed by atoms with van der Waals surface area (Å²) in [6, 6.07) is 2.51. The molecule has 0 aliphatic heterocycles. The zero-order valence-corrected chi connectivity index (χ0v) is 12.4. The summed E-state index contributed by atoms with van der Waals surface area (Å²) in [5.74, 6) is 1.67. The number of anilines is 2. The van der Waals surface area contributed by atoms with E-state index in [0.29, 0.717) is 11.5 Å². The Labute approximate surface area is 116 Å². The van der Waals surface area contributed by atoms with Gasteiger partial charge in [-0.25, -0.2) is 4.98 Å². The van der Waals surface area contributed by atoms with Crippen LogP contribution in [0.2, 0.25) is 0 Å². The Morgan fingerprint density at radius 2 is 2.05 bits per heavy atom. The van der Waals surface area contributed by atoms with Crippen molar-refractivity contribution in [2.75, 3.05) is 17.2 Å². The van der Waals surface area contributed by atoms with Crippen molar-refractivity contribution in [3.63, 3.8) is 0 Å². The van der Waals surface area contributed by atoms with Gasteiger partial charge in [-0.2, -0.15) is 4.98 Å². The standard InChI is InChI=1S/C15H26N4/c1-4-10-16-14-17-11-7-13(19-14)18-12-5-8-15(2,3)9-6-12/h7,11-12H,4-6,8-10H2,1-3H3,(H2,16,17,18,19). The summed E-state index contributed by atoms with van der Waals surface area (Å²) in [6.45, 7) is 7.78. The molecule has 0 atom stereocenters. The maximum Gasteiger partial charge on any atom is 0.224 e. The molecule has 106 valence electrons. The van der Waals surface area contributed by atoms with Gasteiger partial charge in [-0.05, 0) is 43.6 Å². The van der Waals surface area contributed by atoms with E-state index in [1.165, 1.54) is 25.7 Å². The fourth-order valence-corrected chi connectivity index (χ4v) is 2.51. The molecule has 1 heterocycles. The van der Waals surface area contributed by atoms with Crippen molar-refractivity contribution in [1.82, 2.24) is 9.97 Å². The van der Waals surface area contributed by atoms with Gasteiger partial charge in [-0.3, -0.25) is 0 Å². The summed E-state index contributed by atoms with van der Waals surface area (Å²) in [5.41, 5.74) is 0.512. The molecule has 19 heavy (non-hydrogen) atoms. The van der Waals surface area contributed by atoms with E-state index in [-0.39, 0.29) is 0 Å². The minimum absolute atomic E-state index is 0.512. The molecule has 0 spiro atoms. The number of hydrogen-bond donors (Lipinski definition) is 2. The molecule has 0 amide bonds. The molecule has 4 heteroatoms. The van der Waals surface area contributed by atoms with E-state index in [1.807, 2.05) is 12.3 Å². The summed E-state index contributed by atoms with van der Waals surface area (Å²) >= 11 is 0. The maximum atomic E-state index is 4.51. The van der Waals surface area contributed by atoms with E-state index in [0.717, 1.165) is 24.7 Å². The second-order valence-corrected chi connectivity index (χ2v) is 6.28. The highest BCUT2D eigenvalue weighted by atomic mass is 15.1. The lowest BCUT2D eigenvalue weighted by Crippen LogP contribution is -2.30. The number of rotatable bonds is 5. The van der Waals surface area contributed by atoms with Crippen LogP contribution in [-0.4, -0.2) is 22.6 Å². The van der Waals surface area contributed by atoms with Crippen LogP contribution in [0.25, 0.3) is 0 Å². The minimum atomic E-state index is 0.512. The summed E-state index contributed by atoms with van der Waals surface area (Å²) in [4.78, 5) is 8.74. The lowest BCUT2D eigenvalue weighted by Gasteiger charge is -2.34. The molecule has 1 aliphatic rings. The summed E-state index contributed by atoms with van der Waals surface area (Å²) in [5, 5.41) is 6.77. The molecule has 1 aromatic heterocycles. The van der Waals surface area contributed by atoms with E-state index >= 15 is 0 Å². The Morgan fingerprint density at radius 3 is 2.74 bits per heavy atom. The van der Waals surface area contributed by atoms with Gasteiger partial charge in [0.25, 0.3) is 0 Å². The first-order valence-electron chi connectivity index (χ1n) is 7.42. The number of aromatic nitrogens is 2. The third-order valence-corrected chi connectivity index (χ3v) is 3.88. The van der Waals surface area contributed by atoms with Crippen molar-refractivity contribution >= 4 is 11.8 Å². The second kappa shape index (κ2) is 6.22. The van der Waals surface area contributed by atoms with Crippen molar-refractivity contribution in [3.8, 4) is 0 Å². The molecule has 4 nitrogen and oxygen atoms in total. The molecule has 2 rings (SSSR count). The SMILES string of the molecule is CCCNc1nccc(NC2CCC(C)(C)CC2)n1. The predicted molar refractivity (Wildman–Crippen MR) is 80.5 cm³/mol. The Kier molecular flexibility index (Phi) is 4.61. The minimum Gasteiger partial charge on any atom is -0.367 e. The van der Waals surface area contributed by atoms with Crippen LogP contribution in [0.4, 0.5) is 11.8 Å². The van der Waals surface area contributed by atoms with Crippen molar-refractivity contribution in [2.45, 2.75) is 58.9 Å². The predicted octanol–water partition coefficient (Wildman–Crippen LogP) is 3.68. The molecule has 1 aliphatic carbocycles. The fraction of sp³-hybridized carbons (Fsp3) is 0.733. The van der Waals surface area contributed by atoms with Gasteiger partial charge < -0.3 is 10.6 Å².